The molecule has 0 heterocycles. The van der Waals surface area contributed by atoms with Crippen molar-refractivity contribution in [3.05, 3.63) is 0 Å². The van der Waals surface area contributed by atoms with E-state index >= 15 is 0 Å². The van der Waals surface area contributed by atoms with E-state index in [9.17, 15) is 4.79 Å². The van der Waals surface area contributed by atoms with Crippen LogP contribution in [0, 0.1) is 11.3 Å². The summed E-state index contributed by atoms with van der Waals surface area (Å²) in [6.07, 6.45) is 1.57. The highest BCUT2D eigenvalue weighted by Crippen LogP contribution is 2.09. The predicted molar refractivity (Wildman–Crippen MR) is 69.2 cm³/mol. The first-order valence-corrected chi connectivity index (χ1v) is 5.98. The lowest BCUT2D eigenvalue weighted by molar-refractivity contribution is -0.125. The highest BCUT2D eigenvalue weighted by Gasteiger charge is 2.16. The van der Waals surface area contributed by atoms with Crippen LogP contribution in [0.25, 0.3) is 0 Å². The normalized spacial score (nSPS) is 11.3. The van der Waals surface area contributed by atoms with E-state index in [0.717, 1.165) is 12.5 Å². The summed E-state index contributed by atoms with van der Waals surface area (Å²) in [4.78, 5) is 10.2. The first-order valence-electron chi connectivity index (χ1n) is 5.98. The van der Waals surface area contributed by atoms with Gasteiger partial charge in [-0.15, -0.1) is 0 Å². The van der Waals surface area contributed by atoms with E-state index in [1.807, 2.05) is 0 Å². The molecular weight excluding hydrogens is 202 g/mol. The van der Waals surface area contributed by atoms with Crippen molar-refractivity contribution in [1.82, 2.24) is 0 Å². The largest absolute Gasteiger partial charge is 0.379 e. The van der Waals surface area contributed by atoms with Gasteiger partial charge in [0.25, 0.3) is 0 Å². The molecule has 0 atom stereocenters. The van der Waals surface area contributed by atoms with Gasteiger partial charge in [-0.1, -0.05) is 34.6 Å². The Morgan fingerprint density at radius 3 is 1.75 bits per heavy atom. The van der Waals surface area contributed by atoms with Crippen molar-refractivity contribution >= 4 is 5.91 Å². The topological polar surface area (TPSA) is 52.3 Å². The Morgan fingerprint density at radius 1 is 1.19 bits per heavy atom. The smallest absolute Gasteiger partial charge is 0.222 e. The number of hydrogen-bond acceptors (Lipinski definition) is 2. The molecule has 0 saturated carbocycles. The number of ether oxygens (including phenoxy) is 1. The molecule has 0 unspecified atom stereocenters. The molecule has 0 fully saturated rings. The Hall–Kier alpha value is -0.570. The summed E-state index contributed by atoms with van der Waals surface area (Å²) in [5.74, 6) is 0.510. The quantitative estimate of drug-likeness (QED) is 0.808. The van der Waals surface area contributed by atoms with Crippen molar-refractivity contribution in [3.63, 3.8) is 0 Å². The molecule has 2 N–H and O–H groups in total. The summed E-state index contributed by atoms with van der Waals surface area (Å²) in [5, 5.41) is 0. The molecule has 0 aromatic heterocycles. The van der Waals surface area contributed by atoms with E-state index < -0.39 is 0 Å². The lowest BCUT2D eigenvalue weighted by atomic mass is 9.96. The maximum Gasteiger partial charge on any atom is 0.222 e. The molecule has 0 aliphatic carbocycles. The summed E-state index contributed by atoms with van der Waals surface area (Å²) >= 11 is 0. The summed E-state index contributed by atoms with van der Waals surface area (Å²) in [6, 6.07) is 0. The zero-order valence-corrected chi connectivity index (χ0v) is 12.0. The van der Waals surface area contributed by atoms with Crippen molar-refractivity contribution in [3.8, 4) is 0 Å². The zero-order valence-electron chi connectivity index (χ0n) is 12.0. The number of primary amides is 1. The SMILES string of the molecule is CC(C)(C)C(N)=O.CC(C)CCOC(C)C. The number of amides is 1. The number of carbonyl (C=O) groups is 1. The van der Waals surface area contributed by atoms with E-state index in [-0.39, 0.29) is 11.3 Å². The van der Waals surface area contributed by atoms with Crippen LogP contribution in [-0.4, -0.2) is 18.6 Å². The monoisotopic (exact) mass is 231 g/mol. The van der Waals surface area contributed by atoms with Crippen LogP contribution < -0.4 is 5.73 Å². The van der Waals surface area contributed by atoms with Gasteiger partial charge in [0.15, 0.2) is 0 Å². The average molecular weight is 231 g/mol. The summed E-state index contributed by atoms with van der Waals surface area (Å²) in [6.45, 7) is 14.8. The molecule has 16 heavy (non-hydrogen) atoms. The van der Waals surface area contributed by atoms with Crippen LogP contribution in [0.2, 0.25) is 0 Å². The molecule has 1 amide bonds. The maximum atomic E-state index is 10.2. The van der Waals surface area contributed by atoms with Gasteiger partial charge in [0.05, 0.1) is 6.10 Å². The molecule has 3 nitrogen and oxygen atoms in total. The minimum atomic E-state index is -0.361. The summed E-state index contributed by atoms with van der Waals surface area (Å²) in [5.41, 5.74) is 4.57. The van der Waals surface area contributed by atoms with Gasteiger partial charge in [-0.25, -0.2) is 0 Å². The van der Waals surface area contributed by atoms with Gasteiger partial charge in [0.1, 0.15) is 0 Å². The van der Waals surface area contributed by atoms with E-state index in [4.69, 9.17) is 10.5 Å². The number of rotatable bonds is 4. The highest BCUT2D eigenvalue weighted by atomic mass is 16.5. The molecule has 0 saturated heterocycles. The lowest BCUT2D eigenvalue weighted by Crippen LogP contribution is -2.27. The van der Waals surface area contributed by atoms with Crippen molar-refractivity contribution < 1.29 is 9.53 Å². The maximum absolute atomic E-state index is 10.2. The zero-order chi connectivity index (χ0) is 13.4. The minimum absolute atomic E-state index is 0.257. The van der Waals surface area contributed by atoms with Gasteiger partial charge >= 0.3 is 0 Å². The minimum Gasteiger partial charge on any atom is -0.379 e. The van der Waals surface area contributed by atoms with Crippen LogP contribution in [-0.2, 0) is 9.53 Å². The number of hydrogen-bond donors (Lipinski definition) is 1. The van der Waals surface area contributed by atoms with Gasteiger partial charge < -0.3 is 10.5 Å². The van der Waals surface area contributed by atoms with E-state index in [2.05, 4.69) is 27.7 Å². The fourth-order valence-electron chi connectivity index (χ4n) is 0.539. The van der Waals surface area contributed by atoms with Crippen LogP contribution in [0.4, 0.5) is 0 Å². The number of carbonyl (C=O) groups excluding carboxylic acids is 1. The molecular formula is C13H29NO2. The Balaban J connectivity index is 0. The van der Waals surface area contributed by atoms with Crippen molar-refractivity contribution in [1.29, 1.82) is 0 Å². The summed E-state index contributed by atoms with van der Waals surface area (Å²) < 4.78 is 5.35. The Morgan fingerprint density at radius 2 is 1.56 bits per heavy atom. The molecule has 98 valence electrons. The first kappa shape index (κ1) is 17.8. The first-order chi connectivity index (χ1) is 7.07. The third-order valence-corrected chi connectivity index (χ3v) is 1.89. The fourth-order valence-corrected chi connectivity index (χ4v) is 0.539. The molecule has 0 aromatic rings. The highest BCUT2D eigenvalue weighted by molar-refractivity contribution is 5.79. The van der Waals surface area contributed by atoms with Crippen LogP contribution in [0.15, 0.2) is 0 Å². The molecule has 0 rings (SSSR count). The molecule has 0 bridgehead atoms. The van der Waals surface area contributed by atoms with Gasteiger partial charge in [0, 0.05) is 12.0 Å². The Bertz CT molecular complexity index is 173. The van der Waals surface area contributed by atoms with Crippen molar-refractivity contribution in [2.75, 3.05) is 6.61 Å². The molecule has 0 aliphatic heterocycles. The third-order valence-electron chi connectivity index (χ3n) is 1.89. The van der Waals surface area contributed by atoms with Crippen molar-refractivity contribution in [2.24, 2.45) is 17.1 Å². The van der Waals surface area contributed by atoms with Crippen LogP contribution >= 0.6 is 0 Å². The molecule has 0 aliphatic rings. The summed E-state index contributed by atoms with van der Waals surface area (Å²) in [7, 11) is 0. The van der Waals surface area contributed by atoms with Gasteiger partial charge in [-0.3, -0.25) is 4.79 Å². The second kappa shape index (κ2) is 8.57. The fraction of sp³-hybridized carbons (Fsp3) is 0.923. The molecule has 0 radical (unpaired) electrons. The predicted octanol–water partition coefficient (Wildman–Crippen LogP) is 2.98. The van der Waals surface area contributed by atoms with E-state index in [0.29, 0.717) is 6.10 Å². The number of nitrogens with two attached hydrogens (primary N) is 1. The van der Waals surface area contributed by atoms with E-state index in [1.165, 1.54) is 6.42 Å². The van der Waals surface area contributed by atoms with Crippen LogP contribution in [0.5, 0.6) is 0 Å². The second-order valence-corrected chi connectivity index (χ2v) is 5.72. The van der Waals surface area contributed by atoms with Gasteiger partial charge in [-0.2, -0.15) is 0 Å². The second-order valence-electron chi connectivity index (χ2n) is 5.72. The van der Waals surface area contributed by atoms with Crippen LogP contribution in [0.1, 0.15) is 54.9 Å². The van der Waals surface area contributed by atoms with E-state index in [1.54, 1.807) is 20.8 Å². The molecule has 0 spiro atoms. The van der Waals surface area contributed by atoms with Gasteiger partial charge in [0.2, 0.25) is 5.91 Å². The molecule has 0 aromatic carbocycles. The van der Waals surface area contributed by atoms with Crippen molar-refractivity contribution in [2.45, 2.75) is 61.0 Å². The third kappa shape index (κ3) is 15.9. The van der Waals surface area contributed by atoms with Crippen LogP contribution in [0.3, 0.4) is 0 Å². The van der Waals surface area contributed by atoms with Gasteiger partial charge in [-0.05, 0) is 26.2 Å². The molecule has 3 heteroatoms. The standard InChI is InChI=1S/C8H18O.C5H11NO/c1-7(2)5-6-9-8(3)4;1-5(2,3)4(6)7/h7-8H,5-6H2,1-4H3;1-3H3,(H2,6,7). The Kier molecular flexibility index (Phi) is 9.54. The Labute approximate surface area is 101 Å². The average Bonchev–Trinajstić information content (AvgIpc) is 2.01. The lowest BCUT2D eigenvalue weighted by Gasteiger charge is -2.10.